The van der Waals surface area contributed by atoms with Crippen molar-refractivity contribution in [2.45, 2.75) is 222 Å². The second kappa shape index (κ2) is 20.1. The van der Waals surface area contributed by atoms with Gasteiger partial charge in [-0.2, -0.15) is 0 Å². The zero-order valence-electron chi connectivity index (χ0n) is 43.3. The quantitative estimate of drug-likeness (QED) is 0.0554. The number of epoxide rings is 1. The van der Waals surface area contributed by atoms with Gasteiger partial charge in [0.2, 0.25) is 0 Å². The average Bonchev–Trinajstić information content (AvgIpc) is 4.20. The molecule has 9 fully saturated rings. The second-order valence-corrected chi connectivity index (χ2v) is 25.5. The smallest absolute Gasteiger partial charge is 0.187 e. The van der Waals surface area contributed by atoms with Crippen molar-refractivity contribution in [1.82, 2.24) is 0 Å². The van der Waals surface area contributed by atoms with Gasteiger partial charge in [-0.25, -0.2) is 0 Å². The molecule has 22 nitrogen and oxygen atoms in total. The summed E-state index contributed by atoms with van der Waals surface area (Å²) in [4.78, 5) is 0. The Labute approximate surface area is 431 Å². The summed E-state index contributed by atoms with van der Waals surface area (Å²) in [6, 6.07) is 0. The van der Waals surface area contributed by atoms with Crippen molar-refractivity contribution >= 4 is 0 Å². The molecule has 5 aliphatic carbocycles. The van der Waals surface area contributed by atoms with Crippen LogP contribution in [0.1, 0.15) is 92.9 Å². The van der Waals surface area contributed by atoms with E-state index in [1.54, 1.807) is 0 Å². The fourth-order valence-electron chi connectivity index (χ4n) is 16.6. The zero-order chi connectivity index (χ0) is 53.4. The maximum atomic E-state index is 12.3. The van der Waals surface area contributed by atoms with Crippen LogP contribution in [0.15, 0.2) is 11.6 Å². The normalized spacial score (nSPS) is 56.9. The van der Waals surface area contributed by atoms with E-state index in [2.05, 4.69) is 47.6 Å². The lowest BCUT2D eigenvalue weighted by Crippen LogP contribution is -2.68. The Balaban J connectivity index is 0.905. The first-order chi connectivity index (χ1) is 34.9. The van der Waals surface area contributed by atoms with Gasteiger partial charge >= 0.3 is 0 Å². The van der Waals surface area contributed by atoms with Gasteiger partial charge < -0.3 is 109 Å². The van der Waals surface area contributed by atoms with E-state index < -0.39 is 149 Å². The first-order valence-corrected chi connectivity index (χ1v) is 27.0. The van der Waals surface area contributed by atoms with Gasteiger partial charge in [0.05, 0.1) is 51.3 Å². The van der Waals surface area contributed by atoms with Gasteiger partial charge in [0, 0.05) is 17.4 Å². The number of ether oxygens (including phenoxy) is 9. The number of hydrogen-bond acceptors (Lipinski definition) is 22. The molecule has 0 aromatic rings. The lowest BCUT2D eigenvalue weighted by Gasteiger charge is -2.70. The summed E-state index contributed by atoms with van der Waals surface area (Å²) in [6.45, 7) is 11.5. The summed E-state index contributed by atoms with van der Waals surface area (Å²) in [5, 5.41) is 140. The topological polar surface area (TPSA) is 349 Å². The largest absolute Gasteiger partial charge is 0.396 e. The van der Waals surface area contributed by atoms with Crippen molar-refractivity contribution in [3.8, 4) is 0 Å². The van der Waals surface area contributed by atoms with E-state index in [4.69, 9.17) is 42.6 Å². The first-order valence-electron chi connectivity index (χ1n) is 27.0. The monoisotopic (exact) mass is 1060 g/mol. The molecule has 10 aliphatic rings. The van der Waals surface area contributed by atoms with Crippen LogP contribution in [-0.4, -0.2) is 235 Å². The predicted octanol–water partition coefficient (Wildman–Crippen LogP) is -2.32. The molecule has 74 heavy (non-hydrogen) atoms. The third kappa shape index (κ3) is 8.57. The highest BCUT2D eigenvalue weighted by molar-refractivity contribution is 5.40. The second-order valence-electron chi connectivity index (χ2n) is 25.5. The number of rotatable bonds is 12. The van der Waals surface area contributed by atoms with Gasteiger partial charge in [-0.15, -0.1) is 0 Å². The predicted molar refractivity (Wildman–Crippen MR) is 251 cm³/mol. The molecule has 5 saturated heterocycles. The van der Waals surface area contributed by atoms with Crippen molar-refractivity contribution in [2.75, 3.05) is 39.6 Å². The van der Waals surface area contributed by atoms with E-state index in [9.17, 15) is 66.4 Å². The zero-order valence-corrected chi connectivity index (χ0v) is 43.3. The number of aliphatic hydroxyl groups excluding tert-OH is 13. The molecule has 29 atom stereocenters. The highest BCUT2D eigenvalue weighted by Gasteiger charge is 2.78. The fraction of sp³-hybridized carbons (Fsp3) is 0.962. The van der Waals surface area contributed by atoms with E-state index >= 15 is 0 Å². The lowest BCUT2D eigenvalue weighted by molar-refractivity contribution is -0.392. The van der Waals surface area contributed by atoms with E-state index in [1.807, 2.05) is 0 Å². The van der Waals surface area contributed by atoms with Crippen LogP contribution in [0.3, 0.4) is 0 Å². The molecule has 5 heterocycles. The Hall–Kier alpha value is -1.14. The third-order valence-corrected chi connectivity index (χ3v) is 21.3. The standard InChI is InChI=1S/C52H84O22/c1-47(2)28-9-12-50(5)29(8-7-22-23-15-48(3,20-55)13-14-52(23,21-56)42-41(74-42)51(22,50)6)49(28,4)11-10-30(47)71-45-39(73-44-38(65)35(62)32(59)25(16-53)68-44)34(61)27(19-67-45)70-46-40(36(63)33(60)26(17-54)69-46)72-43-37(64)31(58)24(57)18-66-43/h7,23-46,53-65H,8-21H2,1-6H3/t23-,24+,25+,26+,27+,28-,29+,30-,31-,32+,33+,34-,35-,36-,37+,38+,39+,40+,41-,42+,43-,44-,45-,46-,48-,49-,50+,51-,52+/m0/s1. The van der Waals surface area contributed by atoms with Crippen LogP contribution in [0.2, 0.25) is 0 Å². The molecule has 0 bridgehead atoms. The molecule has 10 rings (SSSR count). The summed E-state index contributed by atoms with van der Waals surface area (Å²) in [5.41, 5.74) is -0.327. The first kappa shape index (κ1) is 56.1. The van der Waals surface area contributed by atoms with Crippen LogP contribution in [0.4, 0.5) is 0 Å². The molecule has 0 spiro atoms. The maximum absolute atomic E-state index is 12.3. The number of aliphatic hydroxyl groups is 13. The highest BCUT2D eigenvalue weighted by Crippen LogP contribution is 2.79. The molecule has 4 saturated carbocycles. The van der Waals surface area contributed by atoms with E-state index in [0.29, 0.717) is 6.42 Å². The molecule has 5 aliphatic heterocycles. The maximum Gasteiger partial charge on any atom is 0.187 e. The van der Waals surface area contributed by atoms with Crippen molar-refractivity contribution < 1.29 is 109 Å². The lowest BCUT2D eigenvalue weighted by atomic mass is 9.33. The van der Waals surface area contributed by atoms with Crippen molar-refractivity contribution in [1.29, 1.82) is 0 Å². The number of allylic oxidation sites excluding steroid dienone is 1. The van der Waals surface area contributed by atoms with Gasteiger partial charge in [-0.1, -0.05) is 53.2 Å². The summed E-state index contributed by atoms with van der Waals surface area (Å²) in [7, 11) is 0. The van der Waals surface area contributed by atoms with Crippen molar-refractivity contribution in [2.24, 2.45) is 50.2 Å². The van der Waals surface area contributed by atoms with Crippen molar-refractivity contribution in [3.63, 3.8) is 0 Å². The van der Waals surface area contributed by atoms with Crippen molar-refractivity contribution in [3.05, 3.63) is 11.6 Å². The van der Waals surface area contributed by atoms with Gasteiger partial charge in [-0.05, 0) is 90.8 Å². The summed E-state index contributed by atoms with van der Waals surface area (Å²) in [6.07, 6.45) is -21.4. The Morgan fingerprint density at radius 1 is 0.554 bits per heavy atom. The molecule has 13 N–H and O–H groups in total. The van der Waals surface area contributed by atoms with E-state index in [0.717, 1.165) is 44.9 Å². The Kier molecular flexibility index (Phi) is 15.3. The van der Waals surface area contributed by atoms with Crippen LogP contribution in [-0.2, 0) is 42.6 Å². The fourth-order valence-corrected chi connectivity index (χ4v) is 16.6. The molecule has 0 unspecified atom stereocenters. The van der Waals surface area contributed by atoms with Gasteiger partial charge in [-0.3, -0.25) is 0 Å². The number of hydrogen-bond donors (Lipinski definition) is 13. The molecule has 0 amide bonds. The average molecular weight is 1060 g/mol. The summed E-state index contributed by atoms with van der Waals surface area (Å²) in [5.74, 6) is 0.503. The molecule has 0 aromatic heterocycles. The minimum absolute atomic E-state index is 0.0155. The highest BCUT2D eigenvalue weighted by atomic mass is 16.8. The Morgan fingerprint density at radius 3 is 1.86 bits per heavy atom. The Morgan fingerprint density at radius 2 is 1.19 bits per heavy atom. The van der Waals surface area contributed by atoms with Gasteiger partial charge in [0.15, 0.2) is 25.2 Å². The minimum atomic E-state index is -1.88. The molecule has 0 aromatic carbocycles. The molecule has 22 heteroatoms. The molecular formula is C52H84O22. The summed E-state index contributed by atoms with van der Waals surface area (Å²) < 4.78 is 55.5. The molecule has 424 valence electrons. The summed E-state index contributed by atoms with van der Waals surface area (Å²) >= 11 is 0. The van der Waals surface area contributed by atoms with Gasteiger partial charge in [0.25, 0.3) is 0 Å². The van der Waals surface area contributed by atoms with Crippen LogP contribution in [0, 0.1) is 50.2 Å². The Bertz CT molecular complexity index is 2030. The molecular weight excluding hydrogens is 977 g/mol. The van der Waals surface area contributed by atoms with Crippen LogP contribution in [0.25, 0.3) is 0 Å². The SMILES string of the molecule is CC1(C)[C@@H](O[C@@H]2OC[C@@H](O[C@@H]3O[C@H](CO)[C@@H](O)[C@H](O)[C@H]3O[C@@H]3OC[C@@H](O)[C@H](O)[C@H]3O)[C@H](O)[C@H]2O[C@@H]2O[C@H](CO)[C@@H](O)[C@H](O)[C@H]2O)CC[C@]2(C)[C@H]3CC=C4[C@@H]5C[C@@](C)(CO)CC[C@]5(CO)[C@@H]5O[C@@H]5[C@@]4(C)[C@]3(C)CC[C@@H]12. The van der Waals surface area contributed by atoms with Crippen LogP contribution >= 0.6 is 0 Å². The van der Waals surface area contributed by atoms with Crippen LogP contribution in [0.5, 0.6) is 0 Å². The van der Waals surface area contributed by atoms with E-state index in [-0.39, 0.29) is 70.3 Å². The number of fused-ring (bicyclic) bond motifs is 10. The minimum Gasteiger partial charge on any atom is -0.396 e. The van der Waals surface area contributed by atoms with E-state index in [1.165, 1.54) is 5.57 Å². The van der Waals surface area contributed by atoms with Gasteiger partial charge in [0.1, 0.15) is 85.5 Å². The third-order valence-electron chi connectivity index (χ3n) is 21.3. The van der Waals surface area contributed by atoms with Crippen LogP contribution < -0.4 is 0 Å². The molecule has 0 radical (unpaired) electrons.